The Balaban J connectivity index is 4.10. The van der Waals surface area contributed by atoms with Gasteiger partial charge in [0.05, 0.1) is 5.75 Å². The van der Waals surface area contributed by atoms with Crippen molar-refractivity contribution < 1.29 is 23.1 Å². The van der Waals surface area contributed by atoms with E-state index < -0.39 is 21.4 Å². The molecule has 84 valence electrons. The molecule has 1 N–H and O–H groups in total. The molecule has 0 saturated carbocycles. The van der Waals surface area contributed by atoms with Crippen LogP contribution in [-0.2, 0) is 14.6 Å². The van der Waals surface area contributed by atoms with E-state index in [-0.39, 0.29) is 5.75 Å². The van der Waals surface area contributed by atoms with Crippen LogP contribution in [0.15, 0.2) is 0 Å². The molecule has 0 saturated heterocycles. The lowest BCUT2D eigenvalue weighted by atomic mass is 10.3. The fourth-order valence-corrected chi connectivity index (χ4v) is 2.10. The molecular formula is C8H16O5S. The van der Waals surface area contributed by atoms with Gasteiger partial charge in [-0.3, -0.25) is 0 Å². The van der Waals surface area contributed by atoms with Crippen molar-refractivity contribution in [2.24, 2.45) is 0 Å². The van der Waals surface area contributed by atoms with E-state index in [0.717, 1.165) is 12.8 Å². The van der Waals surface area contributed by atoms with Crippen molar-refractivity contribution >= 4 is 16.0 Å². The van der Waals surface area contributed by atoms with E-state index in [0.29, 0.717) is 6.42 Å². The Kier molecular flexibility index (Phi) is 5.52. The maximum Gasteiger partial charge on any atom is 0.507 e. The van der Waals surface area contributed by atoms with Crippen LogP contribution in [-0.4, -0.2) is 30.9 Å². The molecule has 5 nitrogen and oxygen atoms in total. The van der Waals surface area contributed by atoms with Crippen molar-refractivity contribution in [3.05, 3.63) is 0 Å². The second-order valence-electron chi connectivity index (χ2n) is 3.03. The van der Waals surface area contributed by atoms with Gasteiger partial charge in [-0.2, -0.15) is 0 Å². The first-order valence-corrected chi connectivity index (χ1v) is 6.23. The van der Waals surface area contributed by atoms with Crippen molar-refractivity contribution in [2.45, 2.75) is 38.5 Å². The highest BCUT2D eigenvalue weighted by atomic mass is 32.2. The smallest absolute Gasteiger partial charge is 0.450 e. The number of rotatable bonds is 6. The molecule has 0 aromatic heterocycles. The van der Waals surface area contributed by atoms with Gasteiger partial charge in [0.1, 0.15) is 0 Å². The quantitative estimate of drug-likeness (QED) is 0.548. The van der Waals surface area contributed by atoms with Crippen molar-refractivity contribution in [1.82, 2.24) is 0 Å². The maximum absolute atomic E-state index is 11.4. The number of ether oxygens (including phenoxy) is 1. The first kappa shape index (κ1) is 13.2. The molecular weight excluding hydrogens is 208 g/mol. The molecule has 6 heteroatoms. The highest BCUT2D eigenvalue weighted by Crippen LogP contribution is 2.07. The van der Waals surface area contributed by atoms with Crippen LogP contribution in [0.25, 0.3) is 0 Å². The molecule has 0 aromatic carbocycles. The van der Waals surface area contributed by atoms with E-state index in [9.17, 15) is 13.2 Å². The second-order valence-corrected chi connectivity index (χ2v) is 5.42. The Hall–Kier alpha value is -0.780. The van der Waals surface area contributed by atoms with Crippen LogP contribution in [0.1, 0.15) is 33.1 Å². The number of sulfone groups is 1. The summed E-state index contributed by atoms with van der Waals surface area (Å²) in [7, 11) is -3.43. The monoisotopic (exact) mass is 224 g/mol. The molecule has 0 aromatic rings. The summed E-state index contributed by atoms with van der Waals surface area (Å²) in [5.41, 5.74) is -1.27. The number of carbonyl (C=O) groups is 1. The summed E-state index contributed by atoms with van der Waals surface area (Å²) >= 11 is 0. The van der Waals surface area contributed by atoms with Crippen molar-refractivity contribution in [2.75, 3.05) is 5.75 Å². The van der Waals surface area contributed by atoms with E-state index >= 15 is 0 Å². The van der Waals surface area contributed by atoms with Gasteiger partial charge in [-0.1, -0.05) is 19.8 Å². The summed E-state index contributed by atoms with van der Waals surface area (Å²) in [5.74, 6) is -0.0186. The zero-order chi connectivity index (χ0) is 11.2. The molecule has 0 aliphatic rings. The van der Waals surface area contributed by atoms with Gasteiger partial charge in [0.25, 0.3) is 0 Å². The van der Waals surface area contributed by atoms with Gasteiger partial charge in [0, 0.05) is 0 Å². The molecule has 0 aliphatic carbocycles. The molecule has 0 bridgehead atoms. The van der Waals surface area contributed by atoms with Gasteiger partial charge >= 0.3 is 6.16 Å². The van der Waals surface area contributed by atoms with E-state index in [4.69, 9.17) is 5.11 Å². The second kappa shape index (κ2) is 5.85. The van der Waals surface area contributed by atoms with Crippen molar-refractivity contribution in [3.8, 4) is 0 Å². The maximum atomic E-state index is 11.4. The summed E-state index contributed by atoms with van der Waals surface area (Å²) in [4.78, 5) is 10.1. The largest absolute Gasteiger partial charge is 0.507 e. The third-order valence-electron chi connectivity index (χ3n) is 1.80. The van der Waals surface area contributed by atoms with Crippen LogP contribution in [0.5, 0.6) is 0 Å². The molecule has 0 heterocycles. The number of hydrogen-bond acceptors (Lipinski definition) is 4. The Morgan fingerprint density at radius 1 is 1.43 bits per heavy atom. The van der Waals surface area contributed by atoms with E-state index in [1.807, 2.05) is 6.92 Å². The highest BCUT2D eigenvalue weighted by Gasteiger charge is 2.23. The van der Waals surface area contributed by atoms with E-state index in [1.165, 1.54) is 6.92 Å². The Morgan fingerprint density at radius 2 is 2.00 bits per heavy atom. The Bertz CT molecular complexity index is 269. The predicted octanol–water partition coefficient (Wildman–Crippen LogP) is 1.63. The zero-order valence-corrected chi connectivity index (χ0v) is 9.21. The van der Waals surface area contributed by atoms with Gasteiger partial charge in [0.15, 0.2) is 9.84 Å². The van der Waals surface area contributed by atoms with Crippen molar-refractivity contribution in [1.29, 1.82) is 0 Å². The zero-order valence-electron chi connectivity index (χ0n) is 8.39. The van der Waals surface area contributed by atoms with Crippen LogP contribution in [0.2, 0.25) is 0 Å². The Morgan fingerprint density at radius 3 is 2.43 bits per heavy atom. The van der Waals surface area contributed by atoms with Crippen LogP contribution in [0, 0.1) is 0 Å². The Labute approximate surface area is 84.0 Å². The minimum atomic E-state index is -3.43. The van der Waals surface area contributed by atoms with Crippen LogP contribution in [0.4, 0.5) is 4.79 Å². The SMILES string of the molecule is CCCCCS(=O)(=O)C(C)OC(=O)O. The summed E-state index contributed by atoms with van der Waals surface area (Å²) < 4.78 is 26.9. The van der Waals surface area contributed by atoms with E-state index in [2.05, 4.69) is 4.74 Å². The standard InChI is InChI=1S/C8H16O5S/c1-3-4-5-6-14(11,12)7(2)13-8(9)10/h7H,3-6H2,1-2H3,(H,9,10). The lowest BCUT2D eigenvalue weighted by Crippen LogP contribution is -2.26. The molecule has 0 spiro atoms. The van der Waals surface area contributed by atoms with Crippen LogP contribution >= 0.6 is 0 Å². The lowest BCUT2D eigenvalue weighted by molar-refractivity contribution is 0.0839. The molecule has 14 heavy (non-hydrogen) atoms. The van der Waals surface area contributed by atoms with Gasteiger partial charge in [-0.25, -0.2) is 13.2 Å². The molecule has 0 rings (SSSR count). The van der Waals surface area contributed by atoms with Gasteiger partial charge in [0.2, 0.25) is 5.44 Å². The molecule has 0 radical (unpaired) electrons. The minimum Gasteiger partial charge on any atom is -0.450 e. The van der Waals surface area contributed by atoms with Gasteiger partial charge < -0.3 is 9.84 Å². The topological polar surface area (TPSA) is 80.7 Å². The summed E-state index contributed by atoms with van der Waals surface area (Å²) in [5, 5.41) is 8.23. The third kappa shape index (κ3) is 5.06. The van der Waals surface area contributed by atoms with E-state index in [1.54, 1.807) is 0 Å². The molecule has 0 fully saturated rings. The first-order valence-electron chi connectivity index (χ1n) is 4.51. The first-order chi connectivity index (χ1) is 6.40. The number of unbranched alkanes of at least 4 members (excludes halogenated alkanes) is 2. The molecule has 0 amide bonds. The lowest BCUT2D eigenvalue weighted by Gasteiger charge is -2.11. The number of hydrogen-bond donors (Lipinski definition) is 1. The average Bonchev–Trinajstić information content (AvgIpc) is 2.03. The normalized spacial score (nSPS) is 13.6. The third-order valence-corrected chi connectivity index (χ3v) is 3.77. The predicted molar refractivity (Wildman–Crippen MR) is 51.9 cm³/mol. The fraction of sp³-hybridized carbons (Fsp3) is 0.875. The average molecular weight is 224 g/mol. The van der Waals surface area contributed by atoms with Gasteiger partial charge in [-0.15, -0.1) is 0 Å². The fourth-order valence-electron chi connectivity index (χ4n) is 0.934. The highest BCUT2D eigenvalue weighted by molar-refractivity contribution is 7.91. The van der Waals surface area contributed by atoms with Crippen LogP contribution < -0.4 is 0 Å². The summed E-state index contributed by atoms with van der Waals surface area (Å²) in [6.07, 6.45) is 0.728. The van der Waals surface area contributed by atoms with Crippen LogP contribution in [0.3, 0.4) is 0 Å². The number of carboxylic acid groups (broad SMARTS) is 1. The van der Waals surface area contributed by atoms with Gasteiger partial charge in [-0.05, 0) is 13.3 Å². The molecule has 0 aliphatic heterocycles. The molecule has 1 unspecified atom stereocenters. The van der Waals surface area contributed by atoms with Crippen molar-refractivity contribution in [3.63, 3.8) is 0 Å². The summed E-state index contributed by atoms with van der Waals surface area (Å²) in [6, 6.07) is 0. The summed E-state index contributed by atoms with van der Waals surface area (Å²) in [6.45, 7) is 3.19. The molecule has 1 atom stereocenters. The minimum absolute atomic E-state index is 0.0186.